The molecule has 0 unspecified atom stereocenters. The van der Waals surface area contributed by atoms with Crippen molar-refractivity contribution in [1.29, 1.82) is 0 Å². The number of rotatable bonds is 4. The fraction of sp³-hybridized carbons (Fsp3) is 0.600. The van der Waals surface area contributed by atoms with Gasteiger partial charge >= 0.3 is 12.1 Å². The lowest BCUT2D eigenvalue weighted by atomic mass is 10.2. The van der Waals surface area contributed by atoms with Gasteiger partial charge in [-0.05, 0) is 25.1 Å². The molecule has 0 N–H and O–H groups in total. The first-order valence-electron chi connectivity index (χ1n) is 7.47. The summed E-state index contributed by atoms with van der Waals surface area (Å²) in [6, 6.07) is 2.47. The van der Waals surface area contributed by atoms with E-state index in [0.29, 0.717) is 25.3 Å². The molecule has 0 saturated carbocycles. The predicted molar refractivity (Wildman–Crippen MR) is 79.1 cm³/mol. The summed E-state index contributed by atoms with van der Waals surface area (Å²) in [6.07, 6.45) is -2.29. The van der Waals surface area contributed by atoms with Crippen LogP contribution in [0.1, 0.15) is 18.4 Å². The first-order chi connectivity index (χ1) is 10.9. The largest absolute Gasteiger partial charge is 0.469 e. The van der Waals surface area contributed by atoms with Crippen LogP contribution in [0, 0.1) is 0 Å². The van der Waals surface area contributed by atoms with E-state index in [-0.39, 0.29) is 5.97 Å². The number of alkyl halides is 3. The minimum absolute atomic E-state index is 0.240. The van der Waals surface area contributed by atoms with Gasteiger partial charge in [-0.25, -0.2) is 4.98 Å². The molecule has 0 radical (unpaired) electrons. The molecule has 1 fully saturated rings. The Morgan fingerprint density at radius 3 is 2.65 bits per heavy atom. The van der Waals surface area contributed by atoms with Crippen LogP contribution in [0.2, 0.25) is 0 Å². The zero-order chi connectivity index (χ0) is 16.9. The average molecular weight is 331 g/mol. The summed E-state index contributed by atoms with van der Waals surface area (Å²) in [7, 11) is 1.36. The normalized spacial score (nSPS) is 17.0. The average Bonchev–Trinajstić information content (AvgIpc) is 2.77. The smallest absolute Gasteiger partial charge is 0.417 e. The van der Waals surface area contributed by atoms with Gasteiger partial charge in [0.1, 0.15) is 5.82 Å². The highest BCUT2D eigenvalue weighted by Gasteiger charge is 2.31. The lowest BCUT2D eigenvalue weighted by molar-refractivity contribution is -0.141. The topological polar surface area (TPSA) is 45.7 Å². The summed E-state index contributed by atoms with van der Waals surface area (Å²) in [5.41, 5.74) is -0.740. The molecule has 1 aliphatic rings. The maximum absolute atomic E-state index is 12.6. The van der Waals surface area contributed by atoms with Gasteiger partial charge in [0.2, 0.25) is 0 Å². The van der Waals surface area contributed by atoms with Crippen molar-refractivity contribution < 1.29 is 22.7 Å². The van der Waals surface area contributed by atoms with Gasteiger partial charge in [-0.1, -0.05) is 0 Å². The fourth-order valence-corrected chi connectivity index (χ4v) is 2.52. The Kier molecular flexibility index (Phi) is 5.81. The second-order valence-corrected chi connectivity index (χ2v) is 5.41. The molecule has 8 heteroatoms. The first-order valence-corrected chi connectivity index (χ1v) is 7.47. The van der Waals surface area contributed by atoms with Crippen LogP contribution in [0.5, 0.6) is 0 Å². The maximum Gasteiger partial charge on any atom is 0.417 e. The number of carbonyl (C=O) groups excluding carboxylic acids is 1. The van der Waals surface area contributed by atoms with E-state index in [2.05, 4.69) is 14.6 Å². The molecule has 2 rings (SSSR count). The summed E-state index contributed by atoms with van der Waals surface area (Å²) in [5.74, 6) is 0.309. The molecule has 5 nitrogen and oxygen atoms in total. The predicted octanol–water partition coefficient (Wildman–Crippen LogP) is 2.18. The second kappa shape index (κ2) is 7.63. The van der Waals surface area contributed by atoms with Crippen molar-refractivity contribution >= 4 is 11.8 Å². The highest BCUT2D eigenvalue weighted by molar-refractivity contribution is 5.69. The molecular formula is C15H20F3N3O2. The molecule has 0 aliphatic carbocycles. The Labute approximate surface area is 133 Å². The number of ether oxygens (including phenoxy) is 1. The van der Waals surface area contributed by atoms with Gasteiger partial charge in [-0.2, -0.15) is 13.2 Å². The van der Waals surface area contributed by atoms with E-state index in [9.17, 15) is 18.0 Å². The Balaban J connectivity index is 1.91. The third kappa shape index (κ3) is 5.09. The molecule has 1 saturated heterocycles. The van der Waals surface area contributed by atoms with E-state index in [1.807, 2.05) is 4.90 Å². The summed E-state index contributed by atoms with van der Waals surface area (Å²) in [4.78, 5) is 19.2. The Morgan fingerprint density at radius 1 is 1.26 bits per heavy atom. The van der Waals surface area contributed by atoms with Crippen LogP contribution in [0.15, 0.2) is 18.3 Å². The van der Waals surface area contributed by atoms with Crippen molar-refractivity contribution in [2.45, 2.75) is 19.0 Å². The first kappa shape index (κ1) is 17.5. The van der Waals surface area contributed by atoms with Crippen LogP contribution >= 0.6 is 0 Å². The Morgan fingerprint density at radius 2 is 2.04 bits per heavy atom. The number of aromatic nitrogens is 1. The number of anilines is 1. The van der Waals surface area contributed by atoms with Gasteiger partial charge in [0.05, 0.1) is 19.1 Å². The zero-order valence-corrected chi connectivity index (χ0v) is 13.0. The zero-order valence-electron chi connectivity index (χ0n) is 13.0. The van der Waals surface area contributed by atoms with Crippen molar-refractivity contribution in [3.63, 3.8) is 0 Å². The third-order valence-electron chi connectivity index (χ3n) is 3.85. The van der Waals surface area contributed by atoms with Crippen LogP contribution in [0.4, 0.5) is 19.0 Å². The van der Waals surface area contributed by atoms with Crippen molar-refractivity contribution in [3.05, 3.63) is 23.9 Å². The Bertz CT molecular complexity index is 520. The maximum atomic E-state index is 12.6. The molecule has 2 heterocycles. The monoisotopic (exact) mass is 331 g/mol. The number of methoxy groups -OCH3 is 1. The molecule has 1 aromatic rings. The standard InChI is InChI=1S/C15H20F3N3O2/c1-23-14(22)5-8-20-6-2-7-21(10-9-20)13-4-3-12(11-19-13)15(16,17)18/h3-4,11H,2,5-10H2,1H3. The number of halogens is 3. The number of pyridine rings is 1. The van der Waals surface area contributed by atoms with E-state index < -0.39 is 11.7 Å². The van der Waals surface area contributed by atoms with E-state index in [4.69, 9.17) is 0 Å². The van der Waals surface area contributed by atoms with Crippen LogP contribution in [-0.4, -0.2) is 55.7 Å². The fourth-order valence-electron chi connectivity index (χ4n) is 2.52. The van der Waals surface area contributed by atoms with Crippen molar-refractivity contribution in [2.75, 3.05) is 44.7 Å². The van der Waals surface area contributed by atoms with Gasteiger partial charge in [0.25, 0.3) is 0 Å². The second-order valence-electron chi connectivity index (χ2n) is 5.41. The number of hydrogen-bond acceptors (Lipinski definition) is 5. The highest BCUT2D eigenvalue weighted by Crippen LogP contribution is 2.29. The number of esters is 1. The number of carbonyl (C=O) groups is 1. The molecular weight excluding hydrogens is 311 g/mol. The van der Waals surface area contributed by atoms with Gasteiger partial charge in [-0.15, -0.1) is 0 Å². The van der Waals surface area contributed by atoms with Crippen molar-refractivity contribution in [1.82, 2.24) is 9.88 Å². The molecule has 128 valence electrons. The lowest BCUT2D eigenvalue weighted by Crippen LogP contribution is -2.32. The summed E-state index contributed by atoms with van der Waals surface area (Å²) in [6.45, 7) is 3.60. The van der Waals surface area contributed by atoms with Crippen LogP contribution in [0.25, 0.3) is 0 Å². The van der Waals surface area contributed by atoms with E-state index >= 15 is 0 Å². The summed E-state index contributed by atoms with van der Waals surface area (Å²) in [5, 5.41) is 0. The SMILES string of the molecule is COC(=O)CCN1CCCN(c2ccc(C(F)(F)F)cn2)CC1. The molecule has 0 amide bonds. The minimum atomic E-state index is -4.37. The van der Waals surface area contributed by atoms with Crippen molar-refractivity contribution in [2.24, 2.45) is 0 Å². The highest BCUT2D eigenvalue weighted by atomic mass is 19.4. The van der Waals surface area contributed by atoms with Gasteiger partial charge < -0.3 is 14.5 Å². The van der Waals surface area contributed by atoms with E-state index in [1.54, 1.807) is 0 Å². The molecule has 0 spiro atoms. The molecule has 0 atom stereocenters. The molecule has 1 aromatic heterocycles. The molecule has 0 bridgehead atoms. The minimum Gasteiger partial charge on any atom is -0.469 e. The molecule has 1 aliphatic heterocycles. The van der Waals surface area contributed by atoms with Gasteiger partial charge in [0, 0.05) is 32.4 Å². The molecule has 23 heavy (non-hydrogen) atoms. The number of hydrogen-bond donors (Lipinski definition) is 0. The van der Waals surface area contributed by atoms with Crippen LogP contribution < -0.4 is 4.90 Å². The Hall–Kier alpha value is -1.83. The van der Waals surface area contributed by atoms with Crippen LogP contribution in [-0.2, 0) is 15.7 Å². The molecule has 0 aromatic carbocycles. The third-order valence-corrected chi connectivity index (χ3v) is 3.85. The number of nitrogens with zero attached hydrogens (tertiary/aromatic N) is 3. The van der Waals surface area contributed by atoms with Gasteiger partial charge in [-0.3, -0.25) is 4.79 Å². The summed E-state index contributed by atoms with van der Waals surface area (Å²) >= 11 is 0. The quantitative estimate of drug-likeness (QED) is 0.792. The van der Waals surface area contributed by atoms with Crippen molar-refractivity contribution in [3.8, 4) is 0 Å². The van der Waals surface area contributed by atoms with E-state index in [1.165, 1.54) is 13.2 Å². The van der Waals surface area contributed by atoms with Gasteiger partial charge in [0.15, 0.2) is 0 Å². The van der Waals surface area contributed by atoms with Crippen LogP contribution in [0.3, 0.4) is 0 Å². The van der Waals surface area contributed by atoms with E-state index in [0.717, 1.165) is 38.3 Å². The lowest BCUT2D eigenvalue weighted by Gasteiger charge is -2.22. The summed E-state index contributed by atoms with van der Waals surface area (Å²) < 4.78 is 42.3.